The summed E-state index contributed by atoms with van der Waals surface area (Å²) < 4.78 is 32.9. The van der Waals surface area contributed by atoms with Crippen LogP contribution in [-0.2, 0) is 24.5 Å². The lowest BCUT2D eigenvalue weighted by atomic mass is 9.80. The number of hydrogen-bond donors (Lipinski definition) is 3. The van der Waals surface area contributed by atoms with Crippen LogP contribution in [0.2, 0.25) is 0 Å². The molecule has 2 saturated heterocycles. The number of aromatic nitrogens is 4. The number of benzene rings is 3. The van der Waals surface area contributed by atoms with Crippen molar-refractivity contribution in [3.8, 4) is 5.75 Å². The minimum atomic E-state index is -1.14. The van der Waals surface area contributed by atoms with Gasteiger partial charge in [-0.15, -0.1) is 0 Å². The number of ether oxygens (including phenoxy) is 5. The Morgan fingerprint density at radius 2 is 1.68 bits per heavy atom. The van der Waals surface area contributed by atoms with Gasteiger partial charge in [-0.25, -0.2) is 4.98 Å². The Labute approximate surface area is 271 Å². The molecule has 5 aromatic rings. The van der Waals surface area contributed by atoms with E-state index in [1.165, 1.54) is 6.33 Å². The fourth-order valence-electron chi connectivity index (χ4n) is 6.48. The van der Waals surface area contributed by atoms with Crippen LogP contribution in [0.15, 0.2) is 96.1 Å². The van der Waals surface area contributed by atoms with Gasteiger partial charge in [0.05, 0.1) is 20.0 Å². The zero-order chi connectivity index (χ0) is 32.4. The number of aromatic amines is 1. The molecule has 0 saturated carbocycles. The Morgan fingerprint density at radius 1 is 1.00 bits per heavy atom. The first-order valence-electron chi connectivity index (χ1n) is 15.7. The quantitative estimate of drug-likeness (QED) is 0.192. The second-order valence-electron chi connectivity index (χ2n) is 11.7. The van der Waals surface area contributed by atoms with Crippen molar-refractivity contribution in [3.05, 3.63) is 118 Å². The van der Waals surface area contributed by atoms with E-state index >= 15 is 0 Å². The predicted octanol–water partition coefficient (Wildman–Crippen LogP) is 3.89. The third kappa shape index (κ3) is 5.90. The van der Waals surface area contributed by atoms with Gasteiger partial charge in [0, 0.05) is 6.61 Å². The van der Waals surface area contributed by atoms with Crippen LogP contribution in [0.5, 0.6) is 5.75 Å². The number of methoxy groups -OCH3 is 1. The van der Waals surface area contributed by atoms with Gasteiger partial charge < -0.3 is 34.5 Å². The van der Waals surface area contributed by atoms with Crippen molar-refractivity contribution in [1.82, 2.24) is 19.5 Å². The summed E-state index contributed by atoms with van der Waals surface area (Å²) in [7, 11) is 1.63. The summed E-state index contributed by atoms with van der Waals surface area (Å²) in [4.78, 5) is 23.6. The number of H-pyrrole nitrogens is 1. The molecule has 0 aliphatic carbocycles. The number of aliphatic hydroxyl groups is 1. The fourth-order valence-corrected chi connectivity index (χ4v) is 6.48. The monoisotopic (exact) mass is 639 g/mol. The van der Waals surface area contributed by atoms with Crippen LogP contribution in [0, 0.1) is 0 Å². The largest absolute Gasteiger partial charge is 0.497 e. The van der Waals surface area contributed by atoms with Crippen molar-refractivity contribution < 1.29 is 28.8 Å². The minimum absolute atomic E-state index is 0.0261. The summed E-state index contributed by atoms with van der Waals surface area (Å²) in [5, 5.41) is 11.9. The number of aliphatic hydroxyl groups excluding tert-OH is 1. The number of nitrogen functional groups attached to an aromatic ring is 1. The van der Waals surface area contributed by atoms with Gasteiger partial charge in [-0.3, -0.25) is 14.3 Å². The average Bonchev–Trinajstić information content (AvgIpc) is 3.67. The maximum absolute atomic E-state index is 12.6. The van der Waals surface area contributed by atoms with E-state index in [1.54, 1.807) is 11.7 Å². The van der Waals surface area contributed by atoms with Crippen molar-refractivity contribution in [1.29, 1.82) is 0 Å². The third-order valence-electron chi connectivity index (χ3n) is 8.81. The van der Waals surface area contributed by atoms with E-state index in [4.69, 9.17) is 29.4 Å². The maximum atomic E-state index is 12.6. The summed E-state index contributed by atoms with van der Waals surface area (Å²) >= 11 is 0. The van der Waals surface area contributed by atoms with E-state index in [1.807, 2.05) is 84.9 Å². The highest BCUT2D eigenvalue weighted by molar-refractivity contribution is 5.70. The van der Waals surface area contributed by atoms with E-state index in [0.717, 1.165) is 29.5 Å². The van der Waals surface area contributed by atoms with Crippen LogP contribution in [0.4, 0.5) is 5.95 Å². The standard InChI is InChI=1S/C35H37N5O7/c1-43-25-17-15-24(16-18-25)35(22-10-4-2-5-11-22,23-12-6-3-7-13-23)45-20-26-29(41)30(47-27-14-8-9-19-44-27)33(46-26)40-21-37-28-31(40)38-34(36)39-32(28)42/h2-7,10-13,15-18,21,26-27,29-30,33,41H,8-9,14,19-20H2,1H3,(H3,36,38,39,42)/t26-,27?,29-,30-,33-/m1/s1. The molecule has 3 aromatic carbocycles. The van der Waals surface area contributed by atoms with Crippen LogP contribution in [0.3, 0.4) is 0 Å². The van der Waals surface area contributed by atoms with Crippen LogP contribution in [0.25, 0.3) is 11.2 Å². The molecule has 47 heavy (non-hydrogen) atoms. The molecule has 2 aliphatic heterocycles. The van der Waals surface area contributed by atoms with Gasteiger partial charge in [0.2, 0.25) is 5.95 Å². The SMILES string of the molecule is COc1ccc(C(OC[C@H]2O[C@@H](n3cnc4c(=O)[nH]c(N)nc43)[C@H](OC3CCCCO3)[C@@H]2O)(c2ccccc2)c2ccccc2)cc1. The van der Waals surface area contributed by atoms with Crippen molar-refractivity contribution in [2.75, 3.05) is 26.1 Å². The zero-order valence-corrected chi connectivity index (χ0v) is 25.9. The molecule has 2 aliphatic rings. The van der Waals surface area contributed by atoms with E-state index < -0.39 is 42.0 Å². The highest BCUT2D eigenvalue weighted by atomic mass is 16.7. The van der Waals surface area contributed by atoms with Gasteiger partial charge in [-0.1, -0.05) is 72.8 Å². The van der Waals surface area contributed by atoms with Crippen LogP contribution in [-0.4, -0.2) is 69.6 Å². The summed E-state index contributed by atoms with van der Waals surface area (Å²) in [5.41, 5.74) is 7.29. The topological polar surface area (TPSA) is 156 Å². The molecule has 244 valence electrons. The summed E-state index contributed by atoms with van der Waals surface area (Å²) in [6.45, 7) is 0.535. The Kier molecular flexibility index (Phi) is 8.76. The van der Waals surface area contributed by atoms with E-state index in [9.17, 15) is 9.90 Å². The first-order valence-corrected chi connectivity index (χ1v) is 15.7. The molecule has 0 amide bonds. The molecule has 0 bridgehead atoms. The summed E-state index contributed by atoms with van der Waals surface area (Å²) in [6.07, 6.45) is -0.327. The molecule has 4 heterocycles. The van der Waals surface area contributed by atoms with Gasteiger partial charge in [0.25, 0.3) is 5.56 Å². The molecular formula is C35H37N5O7. The Bertz CT molecular complexity index is 1800. The molecule has 7 rings (SSSR count). The zero-order valence-electron chi connectivity index (χ0n) is 25.9. The Hall–Kier alpha value is -4.59. The lowest BCUT2D eigenvalue weighted by Crippen LogP contribution is -2.42. The Morgan fingerprint density at radius 3 is 2.32 bits per heavy atom. The highest BCUT2D eigenvalue weighted by Crippen LogP contribution is 2.43. The average molecular weight is 640 g/mol. The van der Waals surface area contributed by atoms with Gasteiger partial charge >= 0.3 is 0 Å². The summed E-state index contributed by atoms with van der Waals surface area (Å²) in [6, 6.07) is 27.6. The van der Waals surface area contributed by atoms with E-state index in [2.05, 4.69) is 15.0 Å². The van der Waals surface area contributed by atoms with Gasteiger partial charge in [0.15, 0.2) is 23.7 Å². The van der Waals surface area contributed by atoms with Gasteiger partial charge in [-0.05, 0) is 48.1 Å². The second-order valence-corrected chi connectivity index (χ2v) is 11.7. The van der Waals surface area contributed by atoms with Crippen LogP contribution < -0.4 is 16.0 Å². The Balaban J connectivity index is 1.27. The summed E-state index contributed by atoms with van der Waals surface area (Å²) in [5.74, 6) is 0.650. The van der Waals surface area contributed by atoms with Crippen molar-refractivity contribution in [2.45, 2.75) is 55.7 Å². The number of nitrogens with one attached hydrogen (secondary N) is 1. The van der Waals surface area contributed by atoms with Crippen molar-refractivity contribution in [2.24, 2.45) is 0 Å². The smallest absolute Gasteiger partial charge is 0.280 e. The number of nitrogens with zero attached hydrogens (tertiary/aromatic N) is 3. The number of anilines is 1. The number of fused-ring (bicyclic) bond motifs is 1. The van der Waals surface area contributed by atoms with Crippen molar-refractivity contribution in [3.63, 3.8) is 0 Å². The fraction of sp³-hybridized carbons (Fsp3) is 0.343. The first-order chi connectivity index (χ1) is 23.0. The molecule has 1 unspecified atom stereocenters. The molecule has 12 nitrogen and oxygen atoms in total. The molecule has 2 aromatic heterocycles. The molecule has 12 heteroatoms. The van der Waals surface area contributed by atoms with Crippen LogP contribution in [0.1, 0.15) is 42.2 Å². The number of nitrogens with two attached hydrogens (primary N) is 1. The third-order valence-corrected chi connectivity index (χ3v) is 8.81. The molecule has 2 fully saturated rings. The number of hydrogen-bond acceptors (Lipinski definition) is 10. The number of rotatable bonds is 10. The number of imidazole rings is 1. The first kappa shape index (κ1) is 31.0. The highest BCUT2D eigenvalue weighted by Gasteiger charge is 2.49. The van der Waals surface area contributed by atoms with E-state index in [0.29, 0.717) is 18.8 Å². The lowest BCUT2D eigenvalue weighted by molar-refractivity contribution is -0.215. The van der Waals surface area contributed by atoms with Crippen molar-refractivity contribution >= 4 is 17.1 Å². The normalized spacial score (nSPS) is 23.2. The van der Waals surface area contributed by atoms with E-state index in [-0.39, 0.29) is 23.7 Å². The van der Waals surface area contributed by atoms with Gasteiger partial charge in [-0.2, -0.15) is 4.98 Å². The second kappa shape index (κ2) is 13.3. The van der Waals surface area contributed by atoms with Crippen LogP contribution >= 0.6 is 0 Å². The molecule has 0 spiro atoms. The predicted molar refractivity (Wildman–Crippen MR) is 173 cm³/mol. The minimum Gasteiger partial charge on any atom is -0.497 e. The molecule has 5 atom stereocenters. The molecule has 4 N–H and O–H groups in total. The molecular weight excluding hydrogens is 602 g/mol. The van der Waals surface area contributed by atoms with Gasteiger partial charge in [0.1, 0.15) is 29.7 Å². The lowest BCUT2D eigenvalue weighted by Gasteiger charge is -2.37. The maximum Gasteiger partial charge on any atom is 0.280 e. The molecule has 0 radical (unpaired) electrons.